The van der Waals surface area contributed by atoms with Gasteiger partial charge in [-0.25, -0.2) is 0 Å². The van der Waals surface area contributed by atoms with Gasteiger partial charge in [0.25, 0.3) is 0 Å². The number of para-hydroxylation sites is 1. The lowest BCUT2D eigenvalue weighted by atomic mass is 10.0. The molecule has 1 aliphatic heterocycles. The number of anilines is 2. The standard InChI is InChI=1S/C23H31N3O/c1-17(2)20-9-5-6-10-21(20)24-23(27)16-25-12-14-26(15-13-25)22-11-7-8-18(3)19(22)4/h5-11,17H,12-16H2,1-4H3,(H,24,27). The lowest BCUT2D eigenvalue weighted by molar-refractivity contribution is -0.117. The van der Waals surface area contributed by atoms with Crippen LogP contribution in [0.25, 0.3) is 0 Å². The van der Waals surface area contributed by atoms with E-state index in [4.69, 9.17) is 0 Å². The zero-order chi connectivity index (χ0) is 19.4. The maximum atomic E-state index is 12.5. The first kappa shape index (κ1) is 19.4. The maximum Gasteiger partial charge on any atom is 0.238 e. The number of rotatable bonds is 5. The van der Waals surface area contributed by atoms with Gasteiger partial charge in [0, 0.05) is 37.6 Å². The molecule has 2 aromatic rings. The lowest BCUT2D eigenvalue weighted by Crippen LogP contribution is -2.48. The van der Waals surface area contributed by atoms with Crippen molar-refractivity contribution in [2.75, 3.05) is 42.9 Å². The van der Waals surface area contributed by atoms with Gasteiger partial charge in [-0.2, -0.15) is 0 Å². The predicted molar refractivity (Wildman–Crippen MR) is 114 cm³/mol. The van der Waals surface area contributed by atoms with Gasteiger partial charge in [-0.15, -0.1) is 0 Å². The highest BCUT2D eigenvalue weighted by Crippen LogP contribution is 2.25. The van der Waals surface area contributed by atoms with E-state index in [1.54, 1.807) is 0 Å². The molecular weight excluding hydrogens is 334 g/mol. The molecule has 3 rings (SSSR count). The largest absolute Gasteiger partial charge is 0.369 e. The average Bonchev–Trinajstić information content (AvgIpc) is 2.65. The van der Waals surface area contributed by atoms with Gasteiger partial charge >= 0.3 is 0 Å². The Bertz CT molecular complexity index is 792. The third-order valence-corrected chi connectivity index (χ3v) is 5.51. The van der Waals surface area contributed by atoms with Crippen molar-refractivity contribution in [3.05, 3.63) is 59.2 Å². The Morgan fingerprint density at radius 2 is 1.70 bits per heavy atom. The van der Waals surface area contributed by atoms with Crippen molar-refractivity contribution in [2.24, 2.45) is 0 Å². The van der Waals surface area contributed by atoms with E-state index in [0.717, 1.165) is 31.9 Å². The van der Waals surface area contributed by atoms with Crippen LogP contribution in [0.4, 0.5) is 11.4 Å². The van der Waals surface area contributed by atoms with E-state index in [1.807, 2.05) is 18.2 Å². The van der Waals surface area contributed by atoms with Crippen LogP contribution in [0.2, 0.25) is 0 Å². The van der Waals surface area contributed by atoms with E-state index in [2.05, 4.69) is 67.1 Å². The van der Waals surface area contributed by atoms with Crippen LogP contribution in [0, 0.1) is 13.8 Å². The number of aryl methyl sites for hydroxylation is 1. The molecule has 0 aliphatic carbocycles. The summed E-state index contributed by atoms with van der Waals surface area (Å²) in [6.45, 7) is 12.8. The minimum Gasteiger partial charge on any atom is -0.369 e. The average molecular weight is 366 g/mol. The minimum absolute atomic E-state index is 0.0725. The second-order valence-corrected chi connectivity index (χ2v) is 7.77. The summed E-state index contributed by atoms with van der Waals surface area (Å²) in [5, 5.41) is 3.10. The van der Waals surface area contributed by atoms with Gasteiger partial charge in [0.2, 0.25) is 5.91 Å². The molecule has 0 radical (unpaired) electrons. The summed E-state index contributed by atoms with van der Waals surface area (Å²) in [5.41, 5.74) is 6.13. The SMILES string of the molecule is Cc1cccc(N2CCN(CC(=O)Nc3ccccc3C(C)C)CC2)c1C. The monoisotopic (exact) mass is 365 g/mol. The van der Waals surface area contributed by atoms with Crippen molar-refractivity contribution in [3.63, 3.8) is 0 Å². The van der Waals surface area contributed by atoms with Crippen LogP contribution in [0.5, 0.6) is 0 Å². The highest BCUT2D eigenvalue weighted by molar-refractivity contribution is 5.93. The first-order chi connectivity index (χ1) is 13.0. The molecule has 1 aliphatic rings. The number of carbonyl (C=O) groups is 1. The molecule has 1 fully saturated rings. The number of benzene rings is 2. The number of piperazine rings is 1. The number of carbonyl (C=O) groups excluding carboxylic acids is 1. The smallest absolute Gasteiger partial charge is 0.238 e. The zero-order valence-electron chi connectivity index (χ0n) is 17.0. The summed E-state index contributed by atoms with van der Waals surface area (Å²) in [4.78, 5) is 17.2. The molecule has 144 valence electrons. The normalized spacial score (nSPS) is 15.2. The molecule has 0 bridgehead atoms. The summed E-state index contributed by atoms with van der Waals surface area (Å²) in [6.07, 6.45) is 0. The molecule has 0 unspecified atom stereocenters. The Morgan fingerprint density at radius 3 is 2.41 bits per heavy atom. The molecule has 0 spiro atoms. The first-order valence-corrected chi connectivity index (χ1v) is 9.88. The minimum atomic E-state index is 0.0725. The van der Waals surface area contributed by atoms with Crippen LogP contribution >= 0.6 is 0 Å². The fraction of sp³-hybridized carbons (Fsp3) is 0.435. The highest BCUT2D eigenvalue weighted by Gasteiger charge is 2.21. The Labute approximate surface area is 163 Å². The third-order valence-electron chi connectivity index (χ3n) is 5.51. The van der Waals surface area contributed by atoms with Crippen molar-refractivity contribution in [1.82, 2.24) is 4.90 Å². The fourth-order valence-electron chi connectivity index (χ4n) is 3.73. The van der Waals surface area contributed by atoms with Gasteiger partial charge in [0.1, 0.15) is 0 Å². The molecule has 0 saturated carbocycles. The summed E-state index contributed by atoms with van der Waals surface area (Å²) >= 11 is 0. The number of hydrogen-bond acceptors (Lipinski definition) is 3. The van der Waals surface area contributed by atoms with Crippen molar-refractivity contribution in [1.29, 1.82) is 0 Å². The Kier molecular flexibility index (Phi) is 6.17. The van der Waals surface area contributed by atoms with Crippen LogP contribution in [0.15, 0.2) is 42.5 Å². The Balaban J connectivity index is 1.55. The van der Waals surface area contributed by atoms with Crippen molar-refractivity contribution < 1.29 is 4.79 Å². The van der Waals surface area contributed by atoms with Gasteiger partial charge in [0.05, 0.1) is 6.54 Å². The zero-order valence-corrected chi connectivity index (χ0v) is 17.0. The van der Waals surface area contributed by atoms with Gasteiger partial charge in [-0.05, 0) is 48.6 Å². The third kappa shape index (κ3) is 4.69. The van der Waals surface area contributed by atoms with E-state index in [9.17, 15) is 4.79 Å². The van der Waals surface area contributed by atoms with Crippen molar-refractivity contribution in [2.45, 2.75) is 33.6 Å². The van der Waals surface area contributed by atoms with E-state index in [0.29, 0.717) is 12.5 Å². The van der Waals surface area contributed by atoms with E-state index in [1.165, 1.54) is 22.4 Å². The van der Waals surface area contributed by atoms with Crippen molar-refractivity contribution >= 4 is 17.3 Å². The number of nitrogens with one attached hydrogen (secondary N) is 1. The quantitative estimate of drug-likeness (QED) is 0.863. The number of nitrogens with zero attached hydrogens (tertiary/aromatic N) is 2. The fourth-order valence-corrected chi connectivity index (χ4v) is 3.73. The summed E-state index contributed by atoms with van der Waals surface area (Å²) in [6, 6.07) is 14.6. The molecule has 27 heavy (non-hydrogen) atoms. The molecule has 4 heteroatoms. The lowest BCUT2D eigenvalue weighted by Gasteiger charge is -2.36. The van der Waals surface area contributed by atoms with E-state index >= 15 is 0 Å². The second kappa shape index (κ2) is 8.57. The molecular formula is C23H31N3O. The molecule has 1 N–H and O–H groups in total. The molecule has 1 amide bonds. The van der Waals surface area contributed by atoms with Gasteiger partial charge in [-0.3, -0.25) is 9.69 Å². The van der Waals surface area contributed by atoms with Gasteiger partial charge in [0.15, 0.2) is 0 Å². The number of amides is 1. The first-order valence-electron chi connectivity index (χ1n) is 9.88. The van der Waals surface area contributed by atoms with Gasteiger partial charge < -0.3 is 10.2 Å². The molecule has 1 saturated heterocycles. The molecule has 0 aromatic heterocycles. The number of hydrogen-bond donors (Lipinski definition) is 1. The van der Waals surface area contributed by atoms with E-state index in [-0.39, 0.29) is 5.91 Å². The second-order valence-electron chi connectivity index (χ2n) is 7.77. The van der Waals surface area contributed by atoms with Crippen LogP contribution in [-0.2, 0) is 4.79 Å². The topological polar surface area (TPSA) is 35.6 Å². The van der Waals surface area contributed by atoms with Crippen LogP contribution in [0.3, 0.4) is 0 Å². The molecule has 4 nitrogen and oxygen atoms in total. The molecule has 1 heterocycles. The van der Waals surface area contributed by atoms with Gasteiger partial charge in [-0.1, -0.05) is 44.2 Å². The van der Waals surface area contributed by atoms with Crippen molar-refractivity contribution in [3.8, 4) is 0 Å². The molecule has 0 atom stereocenters. The van der Waals surface area contributed by atoms with Crippen LogP contribution < -0.4 is 10.2 Å². The molecule has 2 aromatic carbocycles. The Morgan fingerprint density at radius 1 is 1.00 bits per heavy atom. The Hall–Kier alpha value is -2.33. The van der Waals surface area contributed by atoms with E-state index < -0.39 is 0 Å². The summed E-state index contributed by atoms with van der Waals surface area (Å²) < 4.78 is 0. The predicted octanol–water partition coefficient (Wildman–Crippen LogP) is 4.19. The maximum absolute atomic E-state index is 12.5. The summed E-state index contributed by atoms with van der Waals surface area (Å²) in [7, 11) is 0. The van der Waals surface area contributed by atoms with Crippen LogP contribution in [0.1, 0.15) is 36.5 Å². The van der Waals surface area contributed by atoms with Crippen LogP contribution in [-0.4, -0.2) is 43.5 Å². The highest BCUT2D eigenvalue weighted by atomic mass is 16.2. The summed E-state index contributed by atoms with van der Waals surface area (Å²) in [5.74, 6) is 0.464.